The molecule has 0 spiro atoms. The quantitative estimate of drug-likeness (QED) is 0.858. The average Bonchev–Trinajstić information content (AvgIpc) is 2.16. The molecule has 4 nitrogen and oxygen atoms in total. The zero-order valence-electron chi connectivity index (χ0n) is 8.20. The molecule has 1 rings (SSSR count). The Balaban J connectivity index is 3.42. The second-order valence-electron chi connectivity index (χ2n) is 2.93. The molecule has 0 atom stereocenters. The van der Waals surface area contributed by atoms with Gasteiger partial charge in [-0.25, -0.2) is 4.79 Å². The van der Waals surface area contributed by atoms with Crippen LogP contribution in [0.15, 0.2) is 12.1 Å². The molecule has 0 unspecified atom stereocenters. The molecule has 1 aromatic rings. The molecule has 0 bridgehead atoms. The van der Waals surface area contributed by atoms with Crippen LogP contribution in [0, 0.1) is 18.3 Å². The number of carboxylic acid groups (broad SMARTS) is 1. The number of ether oxygens (including phenoxy) is 1. The van der Waals surface area contributed by atoms with Gasteiger partial charge in [-0.3, -0.25) is 0 Å². The maximum absolute atomic E-state index is 12.1. The number of carboxylic acids is 1. The Labute approximate surface area is 89.7 Å². The highest BCUT2D eigenvalue weighted by Gasteiger charge is 2.20. The molecule has 1 aromatic carbocycles. The molecule has 0 amide bonds. The molecule has 6 heteroatoms. The topological polar surface area (TPSA) is 70.3 Å². The van der Waals surface area contributed by atoms with Gasteiger partial charge >= 0.3 is 12.6 Å². The van der Waals surface area contributed by atoms with Gasteiger partial charge in [-0.05, 0) is 18.6 Å². The first kappa shape index (κ1) is 11.9. The summed E-state index contributed by atoms with van der Waals surface area (Å²) in [5.74, 6) is -2.02. The van der Waals surface area contributed by atoms with Crippen molar-refractivity contribution in [2.75, 3.05) is 0 Å². The summed E-state index contributed by atoms with van der Waals surface area (Å²) in [4.78, 5) is 10.7. The van der Waals surface area contributed by atoms with Crippen molar-refractivity contribution in [2.24, 2.45) is 0 Å². The predicted molar refractivity (Wildman–Crippen MR) is 49.5 cm³/mol. The van der Waals surface area contributed by atoms with Gasteiger partial charge in [0, 0.05) is 0 Å². The lowest BCUT2D eigenvalue weighted by Crippen LogP contribution is -2.10. The molecule has 0 saturated carbocycles. The van der Waals surface area contributed by atoms with Crippen molar-refractivity contribution < 1.29 is 23.4 Å². The number of benzene rings is 1. The van der Waals surface area contributed by atoms with Crippen molar-refractivity contribution >= 4 is 5.97 Å². The van der Waals surface area contributed by atoms with E-state index in [-0.39, 0.29) is 5.56 Å². The molecular weight excluding hydrogens is 220 g/mol. The Bertz CT molecular complexity index is 466. The minimum Gasteiger partial charge on any atom is -0.478 e. The fourth-order valence-corrected chi connectivity index (χ4v) is 1.20. The van der Waals surface area contributed by atoms with E-state index in [1.807, 2.05) is 0 Å². The summed E-state index contributed by atoms with van der Waals surface area (Å²) in [7, 11) is 0. The summed E-state index contributed by atoms with van der Waals surface area (Å²) in [6, 6.07) is 4.13. The van der Waals surface area contributed by atoms with E-state index in [0.717, 1.165) is 6.07 Å². The smallest absolute Gasteiger partial charge is 0.387 e. The molecule has 0 heterocycles. The lowest BCUT2D eigenvalue weighted by molar-refractivity contribution is -0.0505. The van der Waals surface area contributed by atoms with Crippen LogP contribution in [0.25, 0.3) is 0 Å². The van der Waals surface area contributed by atoms with Gasteiger partial charge in [0.05, 0.1) is 5.56 Å². The van der Waals surface area contributed by atoms with Gasteiger partial charge in [-0.15, -0.1) is 0 Å². The first-order chi connectivity index (χ1) is 7.47. The summed E-state index contributed by atoms with van der Waals surface area (Å²) >= 11 is 0. The molecule has 1 N–H and O–H groups in total. The van der Waals surface area contributed by atoms with Gasteiger partial charge in [0.25, 0.3) is 0 Å². The Morgan fingerprint density at radius 1 is 1.56 bits per heavy atom. The molecule has 0 radical (unpaired) electrons. The standard InChI is InChI=1S/C10H7F2NO3/c1-5-2-3-6(9(14)15)8(7(5)4-13)16-10(11)12/h2-3,10H,1H3,(H,14,15). The number of rotatable bonds is 3. The molecule has 84 valence electrons. The summed E-state index contributed by atoms with van der Waals surface area (Å²) < 4.78 is 28.2. The average molecular weight is 227 g/mol. The number of aromatic carboxylic acids is 1. The number of halogens is 2. The van der Waals surface area contributed by atoms with Crippen LogP contribution in [-0.4, -0.2) is 17.7 Å². The number of nitrogens with zero attached hydrogens (tertiary/aromatic N) is 1. The maximum Gasteiger partial charge on any atom is 0.387 e. The summed E-state index contributed by atoms with van der Waals surface area (Å²) in [6.45, 7) is -1.67. The number of hydrogen-bond donors (Lipinski definition) is 1. The third-order valence-corrected chi connectivity index (χ3v) is 1.92. The normalized spacial score (nSPS) is 9.94. The lowest BCUT2D eigenvalue weighted by atomic mass is 10.0. The van der Waals surface area contributed by atoms with Crippen molar-refractivity contribution in [3.63, 3.8) is 0 Å². The SMILES string of the molecule is Cc1ccc(C(=O)O)c(OC(F)F)c1C#N. The largest absolute Gasteiger partial charge is 0.478 e. The van der Waals surface area contributed by atoms with Gasteiger partial charge in [0.2, 0.25) is 0 Å². The van der Waals surface area contributed by atoms with Crippen LogP contribution in [0.5, 0.6) is 5.75 Å². The van der Waals surface area contributed by atoms with Gasteiger partial charge in [-0.2, -0.15) is 14.0 Å². The van der Waals surface area contributed by atoms with Crippen LogP contribution in [0.3, 0.4) is 0 Å². The van der Waals surface area contributed by atoms with Crippen LogP contribution in [0.1, 0.15) is 21.5 Å². The van der Waals surface area contributed by atoms with Crippen LogP contribution in [0.4, 0.5) is 8.78 Å². The second kappa shape index (κ2) is 4.57. The minimum absolute atomic E-state index is 0.194. The fourth-order valence-electron chi connectivity index (χ4n) is 1.20. The molecule has 16 heavy (non-hydrogen) atoms. The number of nitriles is 1. The van der Waals surface area contributed by atoms with E-state index in [1.165, 1.54) is 13.0 Å². The maximum atomic E-state index is 12.1. The molecule has 0 aliphatic rings. The van der Waals surface area contributed by atoms with E-state index in [2.05, 4.69) is 4.74 Å². The summed E-state index contributed by atoms with van der Waals surface area (Å²) in [6.07, 6.45) is 0. The van der Waals surface area contributed by atoms with Gasteiger partial charge in [0.15, 0.2) is 5.75 Å². The van der Waals surface area contributed by atoms with E-state index in [1.54, 1.807) is 6.07 Å². The monoisotopic (exact) mass is 227 g/mol. The summed E-state index contributed by atoms with van der Waals surface area (Å²) in [5, 5.41) is 17.5. The predicted octanol–water partition coefficient (Wildman–Crippen LogP) is 2.17. The van der Waals surface area contributed by atoms with E-state index in [9.17, 15) is 13.6 Å². The second-order valence-corrected chi connectivity index (χ2v) is 2.93. The first-order valence-electron chi connectivity index (χ1n) is 4.19. The lowest BCUT2D eigenvalue weighted by Gasteiger charge is -2.11. The summed E-state index contributed by atoms with van der Waals surface area (Å²) in [5.41, 5.74) is -0.272. The van der Waals surface area contributed by atoms with Crippen LogP contribution >= 0.6 is 0 Å². The zero-order chi connectivity index (χ0) is 12.3. The molecular formula is C10H7F2NO3. The van der Waals surface area contributed by atoms with Crippen LogP contribution < -0.4 is 4.74 Å². The van der Waals surface area contributed by atoms with Crippen LogP contribution in [-0.2, 0) is 0 Å². The minimum atomic E-state index is -3.17. The van der Waals surface area contributed by atoms with Crippen molar-refractivity contribution in [2.45, 2.75) is 13.5 Å². The Morgan fingerprint density at radius 3 is 2.62 bits per heavy atom. The van der Waals surface area contributed by atoms with E-state index < -0.39 is 23.9 Å². The highest BCUT2D eigenvalue weighted by Crippen LogP contribution is 2.28. The highest BCUT2D eigenvalue weighted by molar-refractivity contribution is 5.92. The van der Waals surface area contributed by atoms with Crippen molar-refractivity contribution in [3.8, 4) is 11.8 Å². The van der Waals surface area contributed by atoms with Gasteiger partial charge in [-0.1, -0.05) is 6.07 Å². The molecule has 0 aliphatic heterocycles. The Morgan fingerprint density at radius 2 is 2.19 bits per heavy atom. The molecule has 0 fully saturated rings. The first-order valence-corrected chi connectivity index (χ1v) is 4.19. The third kappa shape index (κ3) is 2.25. The third-order valence-electron chi connectivity index (χ3n) is 1.92. The van der Waals surface area contributed by atoms with Crippen molar-refractivity contribution in [1.29, 1.82) is 5.26 Å². The van der Waals surface area contributed by atoms with E-state index >= 15 is 0 Å². The highest BCUT2D eigenvalue weighted by atomic mass is 19.3. The van der Waals surface area contributed by atoms with Crippen LogP contribution in [0.2, 0.25) is 0 Å². The number of carbonyl (C=O) groups is 1. The van der Waals surface area contributed by atoms with Gasteiger partial charge in [0.1, 0.15) is 11.6 Å². The van der Waals surface area contributed by atoms with Gasteiger partial charge < -0.3 is 9.84 Å². The van der Waals surface area contributed by atoms with Crippen molar-refractivity contribution in [3.05, 3.63) is 28.8 Å². The Hall–Kier alpha value is -2.16. The fraction of sp³-hybridized carbons (Fsp3) is 0.200. The van der Waals surface area contributed by atoms with Crippen molar-refractivity contribution in [1.82, 2.24) is 0 Å². The molecule has 0 aromatic heterocycles. The number of hydrogen-bond acceptors (Lipinski definition) is 3. The zero-order valence-corrected chi connectivity index (χ0v) is 8.20. The number of aryl methyl sites for hydroxylation is 1. The Kier molecular flexibility index (Phi) is 3.40. The molecule has 0 aliphatic carbocycles. The molecule has 0 saturated heterocycles. The number of alkyl halides is 2. The van der Waals surface area contributed by atoms with E-state index in [0.29, 0.717) is 5.56 Å². The van der Waals surface area contributed by atoms with E-state index in [4.69, 9.17) is 10.4 Å².